The van der Waals surface area contributed by atoms with Crippen molar-refractivity contribution in [3.8, 4) is 11.5 Å². The predicted molar refractivity (Wildman–Crippen MR) is 120 cm³/mol. The van der Waals surface area contributed by atoms with Gasteiger partial charge in [0.2, 0.25) is 0 Å². The zero-order chi connectivity index (χ0) is 22.1. The number of aliphatic hydroxyl groups is 1. The van der Waals surface area contributed by atoms with Crippen LogP contribution in [0.2, 0.25) is 0 Å². The van der Waals surface area contributed by atoms with Crippen molar-refractivity contribution in [1.29, 1.82) is 0 Å². The summed E-state index contributed by atoms with van der Waals surface area (Å²) in [5.41, 5.74) is 3.53. The average molecular weight is 415 g/mol. The Morgan fingerprint density at radius 3 is 2.40 bits per heavy atom. The number of benzene rings is 2. The lowest BCUT2D eigenvalue weighted by molar-refractivity contribution is -0.118. The highest BCUT2D eigenvalue weighted by atomic mass is 16.5. The van der Waals surface area contributed by atoms with Gasteiger partial charge in [-0.3, -0.25) is 10.1 Å². The molecule has 6 heteroatoms. The topological polar surface area (TPSA) is 79.8 Å². The van der Waals surface area contributed by atoms with Crippen LogP contribution < -0.4 is 20.1 Å². The van der Waals surface area contributed by atoms with Gasteiger partial charge in [0.15, 0.2) is 12.8 Å². The molecule has 0 saturated heterocycles. The molecule has 0 aliphatic rings. The van der Waals surface area contributed by atoms with Crippen molar-refractivity contribution < 1.29 is 19.4 Å². The van der Waals surface area contributed by atoms with Gasteiger partial charge in [-0.05, 0) is 81.1 Å². The second-order valence-corrected chi connectivity index (χ2v) is 7.56. The fraction of sp³-hybridized carbons (Fsp3) is 0.458. The number of amides is 1. The predicted octanol–water partition coefficient (Wildman–Crippen LogP) is 4.10. The van der Waals surface area contributed by atoms with E-state index in [9.17, 15) is 9.90 Å². The van der Waals surface area contributed by atoms with Gasteiger partial charge in [0.1, 0.15) is 17.6 Å². The van der Waals surface area contributed by atoms with E-state index in [0.717, 1.165) is 29.7 Å². The zero-order valence-electron chi connectivity index (χ0n) is 18.6. The standard InChI is InChI=1S/C24H34N2O4/c1-6-11-25-24(21(27)7-2)30-23-17(4)13-19(14-18(23)5)26-22(28)15-29-20-10-8-9-16(3)12-20/h8-10,12-14,21,24-25,27H,6-7,11,15H2,1-5H3,(H,26,28). The molecule has 30 heavy (non-hydrogen) atoms. The Labute approximate surface area is 179 Å². The first-order valence-corrected chi connectivity index (χ1v) is 10.5. The number of anilines is 1. The lowest BCUT2D eigenvalue weighted by Gasteiger charge is -2.26. The van der Waals surface area contributed by atoms with Gasteiger partial charge in [0, 0.05) is 5.69 Å². The molecule has 2 unspecified atom stereocenters. The number of hydrogen-bond acceptors (Lipinski definition) is 5. The summed E-state index contributed by atoms with van der Waals surface area (Å²) in [4.78, 5) is 12.3. The Bertz CT molecular complexity index is 815. The summed E-state index contributed by atoms with van der Waals surface area (Å²) in [6.45, 7) is 10.5. The molecule has 2 aromatic rings. The first kappa shape index (κ1) is 23.7. The molecule has 2 rings (SSSR count). The molecule has 0 spiro atoms. The molecule has 0 radical (unpaired) electrons. The van der Waals surface area contributed by atoms with Gasteiger partial charge in [-0.25, -0.2) is 0 Å². The number of hydrogen-bond donors (Lipinski definition) is 3. The normalized spacial score (nSPS) is 12.9. The van der Waals surface area contributed by atoms with E-state index in [1.54, 1.807) is 0 Å². The maximum Gasteiger partial charge on any atom is 0.262 e. The first-order valence-electron chi connectivity index (χ1n) is 10.5. The fourth-order valence-corrected chi connectivity index (χ4v) is 3.14. The largest absolute Gasteiger partial charge is 0.484 e. The van der Waals surface area contributed by atoms with Gasteiger partial charge in [0.25, 0.3) is 5.91 Å². The van der Waals surface area contributed by atoms with Crippen molar-refractivity contribution >= 4 is 11.6 Å². The summed E-state index contributed by atoms with van der Waals surface area (Å²) < 4.78 is 11.7. The quantitative estimate of drug-likeness (QED) is 0.482. The molecule has 2 aromatic carbocycles. The lowest BCUT2D eigenvalue weighted by Crippen LogP contribution is -2.44. The second-order valence-electron chi connectivity index (χ2n) is 7.56. The van der Waals surface area contributed by atoms with Crippen LogP contribution in [-0.2, 0) is 4.79 Å². The highest BCUT2D eigenvalue weighted by Crippen LogP contribution is 2.28. The summed E-state index contributed by atoms with van der Waals surface area (Å²) >= 11 is 0. The second kappa shape index (κ2) is 11.6. The van der Waals surface area contributed by atoms with Crippen LogP contribution in [0.3, 0.4) is 0 Å². The zero-order valence-corrected chi connectivity index (χ0v) is 18.6. The molecule has 0 heterocycles. The van der Waals surface area contributed by atoms with E-state index in [0.29, 0.717) is 23.6 Å². The highest BCUT2D eigenvalue weighted by Gasteiger charge is 2.21. The minimum atomic E-state index is -0.603. The lowest BCUT2D eigenvalue weighted by atomic mass is 10.1. The smallest absolute Gasteiger partial charge is 0.262 e. The molecule has 0 aliphatic carbocycles. The summed E-state index contributed by atoms with van der Waals surface area (Å²) in [6.07, 6.45) is 0.460. The van der Waals surface area contributed by atoms with Crippen LogP contribution in [0.5, 0.6) is 11.5 Å². The minimum absolute atomic E-state index is 0.0640. The van der Waals surface area contributed by atoms with E-state index in [-0.39, 0.29) is 12.5 Å². The van der Waals surface area contributed by atoms with E-state index in [1.165, 1.54) is 0 Å². The molecule has 0 aliphatic heterocycles. The number of nitrogens with one attached hydrogen (secondary N) is 2. The van der Waals surface area contributed by atoms with E-state index in [4.69, 9.17) is 9.47 Å². The van der Waals surface area contributed by atoms with E-state index in [1.807, 2.05) is 64.1 Å². The Morgan fingerprint density at radius 1 is 1.10 bits per heavy atom. The summed E-state index contributed by atoms with van der Waals surface area (Å²) in [7, 11) is 0. The Balaban J connectivity index is 2.02. The van der Waals surface area contributed by atoms with Crippen molar-refractivity contribution in [2.45, 2.75) is 59.8 Å². The van der Waals surface area contributed by atoms with Gasteiger partial charge in [-0.15, -0.1) is 0 Å². The summed E-state index contributed by atoms with van der Waals surface area (Å²) in [5, 5.41) is 16.4. The SMILES string of the molecule is CCCNC(Oc1c(C)cc(NC(=O)COc2cccc(C)c2)cc1C)C(O)CC. The van der Waals surface area contributed by atoms with Gasteiger partial charge in [0.05, 0.1) is 0 Å². The molecule has 0 saturated carbocycles. The van der Waals surface area contributed by atoms with Crippen molar-refractivity contribution in [3.05, 3.63) is 53.1 Å². The molecule has 2 atom stereocenters. The van der Waals surface area contributed by atoms with E-state index >= 15 is 0 Å². The minimum Gasteiger partial charge on any atom is -0.484 e. The van der Waals surface area contributed by atoms with Crippen LogP contribution in [-0.4, -0.2) is 36.5 Å². The maximum atomic E-state index is 12.3. The van der Waals surface area contributed by atoms with Gasteiger partial charge in [-0.2, -0.15) is 0 Å². The van der Waals surface area contributed by atoms with Crippen LogP contribution in [0.4, 0.5) is 5.69 Å². The average Bonchev–Trinajstić information content (AvgIpc) is 2.71. The number of carbonyl (C=O) groups is 1. The Hall–Kier alpha value is -2.57. The molecule has 0 fully saturated rings. The highest BCUT2D eigenvalue weighted by molar-refractivity contribution is 5.92. The number of ether oxygens (including phenoxy) is 2. The molecule has 164 valence electrons. The van der Waals surface area contributed by atoms with Crippen LogP contribution in [0.15, 0.2) is 36.4 Å². The molecule has 1 amide bonds. The van der Waals surface area contributed by atoms with Crippen LogP contribution in [0.25, 0.3) is 0 Å². The van der Waals surface area contributed by atoms with E-state index in [2.05, 4.69) is 17.6 Å². The molecular formula is C24H34N2O4. The van der Waals surface area contributed by atoms with E-state index < -0.39 is 12.3 Å². The third kappa shape index (κ3) is 7.04. The number of carbonyl (C=O) groups excluding carboxylic acids is 1. The third-order valence-electron chi connectivity index (χ3n) is 4.71. The fourth-order valence-electron chi connectivity index (χ4n) is 3.14. The molecule has 3 N–H and O–H groups in total. The molecular weight excluding hydrogens is 380 g/mol. The first-order chi connectivity index (χ1) is 14.3. The van der Waals surface area contributed by atoms with Crippen LogP contribution >= 0.6 is 0 Å². The molecule has 6 nitrogen and oxygen atoms in total. The van der Waals surface area contributed by atoms with Crippen molar-refractivity contribution in [3.63, 3.8) is 0 Å². The maximum absolute atomic E-state index is 12.3. The summed E-state index contributed by atoms with van der Waals surface area (Å²) in [5.74, 6) is 1.15. The van der Waals surface area contributed by atoms with Gasteiger partial charge >= 0.3 is 0 Å². The van der Waals surface area contributed by atoms with Crippen molar-refractivity contribution in [1.82, 2.24) is 5.32 Å². The number of aryl methyl sites for hydroxylation is 3. The Kier molecular flexibility index (Phi) is 9.15. The Morgan fingerprint density at radius 2 is 1.80 bits per heavy atom. The number of aliphatic hydroxyl groups excluding tert-OH is 1. The molecule has 0 bridgehead atoms. The van der Waals surface area contributed by atoms with Crippen LogP contribution in [0.1, 0.15) is 43.4 Å². The van der Waals surface area contributed by atoms with Crippen LogP contribution in [0, 0.1) is 20.8 Å². The monoisotopic (exact) mass is 414 g/mol. The molecule has 0 aromatic heterocycles. The number of rotatable bonds is 11. The van der Waals surface area contributed by atoms with Crippen molar-refractivity contribution in [2.24, 2.45) is 0 Å². The third-order valence-corrected chi connectivity index (χ3v) is 4.71. The summed E-state index contributed by atoms with van der Waals surface area (Å²) in [6, 6.07) is 11.3. The van der Waals surface area contributed by atoms with Gasteiger partial charge in [-0.1, -0.05) is 26.0 Å². The van der Waals surface area contributed by atoms with Crippen molar-refractivity contribution in [2.75, 3.05) is 18.5 Å². The van der Waals surface area contributed by atoms with Gasteiger partial charge < -0.3 is 19.9 Å².